The van der Waals surface area contributed by atoms with E-state index in [1.807, 2.05) is 4.90 Å². The monoisotopic (exact) mass is 696 g/mol. The number of fused-ring (bicyclic) bond motifs is 1. The summed E-state index contributed by atoms with van der Waals surface area (Å²) in [5, 5.41) is 3.82. The van der Waals surface area contributed by atoms with Gasteiger partial charge < -0.3 is 24.8 Å². The molecule has 16 heteroatoms. The van der Waals surface area contributed by atoms with Gasteiger partial charge in [0.15, 0.2) is 0 Å². The summed E-state index contributed by atoms with van der Waals surface area (Å²) < 4.78 is 34.7. The van der Waals surface area contributed by atoms with E-state index in [1.54, 1.807) is 43.1 Å². The number of halogens is 1. The number of hydrogen-bond acceptors (Lipinski definition) is 9. The van der Waals surface area contributed by atoms with Crippen LogP contribution in [0.25, 0.3) is 10.1 Å². The topological polar surface area (TPSA) is 149 Å². The Hall–Kier alpha value is -2.98. The highest BCUT2D eigenvalue weighted by Gasteiger charge is 2.38. The summed E-state index contributed by atoms with van der Waals surface area (Å²) in [7, 11) is -2.25. The SMILES string of the molecule is CCOC(=O)CNC(=O)N(C)C1CCN(CC2CCCN2C(=O)CN2CCCC(NS(=O)(=O)c3cc4cc(Cl)ccc4s3)C2=O)C1. The average molecular weight is 697 g/mol. The fourth-order valence-electron chi connectivity index (χ4n) is 6.42. The van der Waals surface area contributed by atoms with Crippen molar-refractivity contribution in [2.75, 3.05) is 59.5 Å². The van der Waals surface area contributed by atoms with Crippen LogP contribution >= 0.6 is 22.9 Å². The molecule has 0 radical (unpaired) electrons. The zero-order valence-corrected chi connectivity index (χ0v) is 28.5. The number of likely N-dealkylation sites (N-methyl/N-ethyl adjacent to an activating group) is 1. The van der Waals surface area contributed by atoms with Crippen LogP contribution < -0.4 is 10.0 Å². The zero-order chi connectivity index (χ0) is 33.0. The van der Waals surface area contributed by atoms with E-state index in [-0.39, 0.29) is 47.9 Å². The van der Waals surface area contributed by atoms with Crippen LogP contribution in [0, 0.1) is 0 Å². The van der Waals surface area contributed by atoms with Crippen molar-refractivity contribution in [3.8, 4) is 0 Å². The number of carbonyl (C=O) groups is 4. The normalized spacial score (nSPS) is 22.4. The molecule has 3 unspecified atom stereocenters. The summed E-state index contributed by atoms with van der Waals surface area (Å²) in [5.41, 5.74) is 0. The number of rotatable bonds is 11. The lowest BCUT2D eigenvalue weighted by Gasteiger charge is -2.35. The Morgan fingerprint density at radius 1 is 1.11 bits per heavy atom. The molecule has 5 rings (SSSR count). The fourth-order valence-corrected chi connectivity index (χ4v) is 9.22. The summed E-state index contributed by atoms with van der Waals surface area (Å²) in [4.78, 5) is 58.1. The van der Waals surface area contributed by atoms with Crippen LogP contribution in [-0.2, 0) is 29.1 Å². The quantitative estimate of drug-likeness (QED) is 0.340. The minimum absolute atomic E-state index is 0.00939. The van der Waals surface area contributed by atoms with Gasteiger partial charge in [-0.2, -0.15) is 4.72 Å². The highest BCUT2D eigenvalue weighted by atomic mass is 35.5. The molecule has 0 aliphatic carbocycles. The van der Waals surface area contributed by atoms with Gasteiger partial charge in [-0.1, -0.05) is 11.6 Å². The third-order valence-electron chi connectivity index (χ3n) is 8.85. The van der Waals surface area contributed by atoms with E-state index >= 15 is 0 Å². The van der Waals surface area contributed by atoms with Gasteiger partial charge in [-0.25, -0.2) is 13.2 Å². The second-order valence-corrected chi connectivity index (χ2v) is 15.4. The third-order valence-corrected chi connectivity index (χ3v) is 12.1. The van der Waals surface area contributed by atoms with Gasteiger partial charge in [0.05, 0.1) is 13.2 Å². The minimum Gasteiger partial charge on any atom is -0.465 e. The van der Waals surface area contributed by atoms with E-state index in [9.17, 15) is 27.6 Å². The summed E-state index contributed by atoms with van der Waals surface area (Å²) in [6, 6.07) is 5.41. The molecule has 3 aliphatic heterocycles. The molecule has 3 saturated heterocycles. The summed E-state index contributed by atoms with van der Waals surface area (Å²) >= 11 is 7.17. The summed E-state index contributed by atoms with van der Waals surface area (Å²) in [6.07, 6.45) is 3.42. The van der Waals surface area contributed by atoms with Crippen LogP contribution in [0.5, 0.6) is 0 Å². The largest absolute Gasteiger partial charge is 0.465 e. The van der Waals surface area contributed by atoms with Crippen LogP contribution in [0.1, 0.15) is 39.0 Å². The molecular formula is C30H41ClN6O7S2. The second kappa shape index (κ2) is 14.8. The number of piperidine rings is 1. The van der Waals surface area contributed by atoms with Crippen molar-refractivity contribution in [2.24, 2.45) is 0 Å². The van der Waals surface area contributed by atoms with Crippen LogP contribution in [0.3, 0.4) is 0 Å². The van der Waals surface area contributed by atoms with E-state index in [4.69, 9.17) is 16.3 Å². The lowest BCUT2D eigenvalue weighted by molar-refractivity contribution is -0.143. The van der Waals surface area contributed by atoms with E-state index in [0.717, 1.165) is 41.8 Å². The molecule has 13 nitrogen and oxygen atoms in total. The first-order valence-electron chi connectivity index (χ1n) is 15.6. The van der Waals surface area contributed by atoms with E-state index < -0.39 is 27.9 Å². The Morgan fingerprint density at radius 2 is 1.89 bits per heavy atom. The minimum atomic E-state index is -3.96. The Labute approximate surface area is 278 Å². The van der Waals surface area contributed by atoms with Crippen LogP contribution in [0.4, 0.5) is 4.79 Å². The smallest absolute Gasteiger partial charge is 0.325 e. The average Bonchev–Trinajstić information content (AvgIpc) is 3.78. The Balaban J connectivity index is 1.12. The van der Waals surface area contributed by atoms with Crippen molar-refractivity contribution in [3.05, 3.63) is 29.3 Å². The van der Waals surface area contributed by atoms with Gasteiger partial charge >= 0.3 is 12.0 Å². The zero-order valence-electron chi connectivity index (χ0n) is 26.1. The van der Waals surface area contributed by atoms with Crippen LogP contribution in [-0.4, -0.2) is 129 Å². The van der Waals surface area contributed by atoms with E-state index in [0.29, 0.717) is 49.4 Å². The van der Waals surface area contributed by atoms with Gasteiger partial charge in [0, 0.05) is 61.6 Å². The number of thiophene rings is 1. The van der Waals surface area contributed by atoms with Crippen LogP contribution in [0.2, 0.25) is 5.02 Å². The van der Waals surface area contributed by atoms with Crippen molar-refractivity contribution >= 4 is 66.9 Å². The van der Waals surface area contributed by atoms with Crippen molar-refractivity contribution < 1.29 is 32.3 Å². The molecule has 2 aromatic rings. The predicted molar refractivity (Wildman–Crippen MR) is 174 cm³/mol. The Bertz CT molecular complexity index is 1570. The maximum atomic E-state index is 13.5. The highest BCUT2D eigenvalue weighted by Crippen LogP contribution is 2.31. The number of carbonyl (C=O) groups excluding carboxylic acids is 4. The van der Waals surface area contributed by atoms with E-state index in [2.05, 4.69) is 14.9 Å². The predicted octanol–water partition coefficient (Wildman–Crippen LogP) is 2.09. The number of nitrogens with zero attached hydrogens (tertiary/aromatic N) is 4. The second-order valence-electron chi connectivity index (χ2n) is 12.0. The number of ether oxygens (including phenoxy) is 1. The summed E-state index contributed by atoms with van der Waals surface area (Å²) in [6.45, 7) is 4.77. The lowest BCUT2D eigenvalue weighted by Crippen LogP contribution is -2.55. The van der Waals surface area contributed by atoms with Crippen molar-refractivity contribution in [1.82, 2.24) is 29.6 Å². The van der Waals surface area contributed by atoms with Crippen molar-refractivity contribution in [1.29, 1.82) is 0 Å². The van der Waals surface area contributed by atoms with Gasteiger partial charge in [-0.3, -0.25) is 19.3 Å². The Kier molecular flexibility index (Phi) is 11.1. The molecular weight excluding hydrogens is 656 g/mol. The van der Waals surface area contributed by atoms with E-state index in [1.165, 1.54) is 4.90 Å². The molecule has 0 spiro atoms. The number of esters is 1. The lowest BCUT2D eigenvalue weighted by atomic mass is 10.1. The molecule has 1 aromatic carbocycles. The first-order chi connectivity index (χ1) is 21.9. The molecule has 4 heterocycles. The standard InChI is InChI=1S/C30H41ClN6O7S2/c1-3-44-27(39)16-32-30(41)34(2)22-10-13-35(17-22)18-23-6-4-12-37(23)26(38)19-36-11-5-7-24(29(36)40)33-46(42,43)28-15-20-14-21(31)8-9-25(20)45-28/h8-9,14-15,22-24,33H,3-7,10-13,16-19H2,1-2H3,(H,32,41). The van der Waals surface area contributed by atoms with Gasteiger partial charge in [0.25, 0.3) is 10.0 Å². The van der Waals surface area contributed by atoms with Gasteiger partial charge in [-0.15, -0.1) is 11.3 Å². The molecule has 46 heavy (non-hydrogen) atoms. The maximum Gasteiger partial charge on any atom is 0.325 e. The molecule has 252 valence electrons. The molecule has 3 fully saturated rings. The fraction of sp³-hybridized carbons (Fsp3) is 0.600. The highest BCUT2D eigenvalue weighted by molar-refractivity contribution is 7.91. The molecule has 0 bridgehead atoms. The molecule has 0 saturated carbocycles. The van der Waals surface area contributed by atoms with Crippen molar-refractivity contribution in [2.45, 2.75) is 61.4 Å². The number of urea groups is 1. The molecule has 3 atom stereocenters. The summed E-state index contributed by atoms with van der Waals surface area (Å²) in [5.74, 6) is -1.02. The number of sulfonamides is 1. The molecule has 2 N–H and O–H groups in total. The van der Waals surface area contributed by atoms with Gasteiger partial charge in [-0.05, 0) is 68.7 Å². The number of amides is 4. The first-order valence-corrected chi connectivity index (χ1v) is 18.3. The maximum absolute atomic E-state index is 13.5. The van der Waals surface area contributed by atoms with Crippen LogP contribution in [0.15, 0.2) is 28.5 Å². The molecule has 4 amide bonds. The molecule has 3 aliphatic rings. The number of likely N-dealkylation sites (tertiary alicyclic amines) is 3. The number of benzene rings is 1. The third kappa shape index (κ3) is 8.11. The number of nitrogens with one attached hydrogen (secondary N) is 2. The van der Waals surface area contributed by atoms with Gasteiger partial charge in [0.2, 0.25) is 11.8 Å². The Morgan fingerprint density at radius 3 is 2.67 bits per heavy atom. The first kappa shape index (κ1) is 34.4. The van der Waals surface area contributed by atoms with Gasteiger partial charge in [0.1, 0.15) is 16.8 Å². The number of hydrogen-bond donors (Lipinski definition) is 2. The van der Waals surface area contributed by atoms with Crippen molar-refractivity contribution in [3.63, 3.8) is 0 Å². The molecule has 1 aromatic heterocycles.